The Hall–Kier alpha value is -4.46. The first-order chi connectivity index (χ1) is 18.7. The van der Waals surface area contributed by atoms with Crippen LogP contribution in [0.1, 0.15) is 23.6 Å². The van der Waals surface area contributed by atoms with Crippen LogP contribution in [0.15, 0.2) is 76.3 Å². The highest BCUT2D eigenvalue weighted by atomic mass is 35.5. The Kier molecular flexibility index (Phi) is 8.44. The number of nitrogens with zero attached hydrogens (tertiary/aromatic N) is 5. The molecule has 0 atom stereocenters. The molecular weight excluding hydrogens is 536 g/mol. The number of anilines is 1. The van der Waals surface area contributed by atoms with Crippen LogP contribution in [0.2, 0.25) is 5.02 Å². The van der Waals surface area contributed by atoms with Crippen LogP contribution < -0.4 is 5.32 Å². The molecule has 0 unspecified atom stereocenters. The number of nitro benzene ring substituents is 1. The van der Waals surface area contributed by atoms with Gasteiger partial charge >= 0.3 is 0 Å². The van der Waals surface area contributed by atoms with Gasteiger partial charge in [0.1, 0.15) is 11.6 Å². The fourth-order valence-electron chi connectivity index (χ4n) is 3.81. The van der Waals surface area contributed by atoms with E-state index in [1.807, 2.05) is 61.7 Å². The van der Waals surface area contributed by atoms with E-state index in [9.17, 15) is 20.2 Å². The third-order valence-electron chi connectivity index (χ3n) is 5.83. The van der Waals surface area contributed by atoms with Gasteiger partial charge in [-0.15, -0.1) is 10.2 Å². The molecule has 1 heterocycles. The molecule has 0 aliphatic carbocycles. The van der Waals surface area contributed by atoms with Crippen LogP contribution in [0, 0.1) is 35.3 Å². The Labute approximate surface area is 234 Å². The van der Waals surface area contributed by atoms with Gasteiger partial charge in [0.15, 0.2) is 11.0 Å². The molecule has 0 radical (unpaired) electrons. The van der Waals surface area contributed by atoms with E-state index in [-0.39, 0.29) is 11.3 Å². The zero-order valence-electron chi connectivity index (χ0n) is 21.3. The van der Waals surface area contributed by atoms with Crippen molar-refractivity contribution in [1.29, 1.82) is 5.26 Å². The van der Waals surface area contributed by atoms with Crippen molar-refractivity contribution in [3.63, 3.8) is 0 Å². The first-order valence-corrected chi connectivity index (χ1v) is 13.1. The highest BCUT2D eigenvalue weighted by Crippen LogP contribution is 2.35. The van der Waals surface area contributed by atoms with Gasteiger partial charge in [-0.05, 0) is 79.6 Å². The van der Waals surface area contributed by atoms with Crippen molar-refractivity contribution in [2.75, 3.05) is 5.32 Å². The summed E-state index contributed by atoms with van der Waals surface area (Å²) in [7, 11) is 0. The lowest BCUT2D eigenvalue weighted by Gasteiger charge is -2.11. The van der Waals surface area contributed by atoms with E-state index >= 15 is 0 Å². The van der Waals surface area contributed by atoms with Crippen LogP contribution in [0.5, 0.6) is 0 Å². The number of nitro groups is 1. The normalized spacial score (nSPS) is 11.2. The first kappa shape index (κ1) is 27.6. The molecule has 0 saturated heterocycles. The van der Waals surface area contributed by atoms with Gasteiger partial charge in [-0.25, -0.2) is 0 Å². The minimum atomic E-state index is -0.617. The average molecular weight is 559 g/mol. The maximum absolute atomic E-state index is 13.0. The number of carbonyl (C=O) groups is 1. The van der Waals surface area contributed by atoms with Gasteiger partial charge < -0.3 is 9.88 Å². The summed E-state index contributed by atoms with van der Waals surface area (Å²) < 4.78 is 1.89. The quantitative estimate of drug-likeness (QED) is 0.108. The highest BCUT2D eigenvalue weighted by molar-refractivity contribution is 7.99. The van der Waals surface area contributed by atoms with Crippen LogP contribution in [0.4, 0.5) is 11.4 Å². The Bertz CT molecular complexity index is 1660. The minimum Gasteiger partial charge on any atom is -0.321 e. The van der Waals surface area contributed by atoms with Crippen molar-refractivity contribution < 1.29 is 9.72 Å². The largest absolute Gasteiger partial charge is 0.321 e. The molecular formula is C28H23ClN6O3S. The highest BCUT2D eigenvalue weighted by Gasteiger charge is 2.19. The summed E-state index contributed by atoms with van der Waals surface area (Å²) in [6.45, 7) is 6.25. The van der Waals surface area contributed by atoms with Gasteiger partial charge in [-0.1, -0.05) is 35.9 Å². The molecule has 4 aromatic rings. The molecule has 0 bridgehead atoms. The van der Waals surface area contributed by atoms with Gasteiger partial charge in [-0.3, -0.25) is 14.9 Å². The zero-order chi connectivity index (χ0) is 28.1. The third-order valence-corrected chi connectivity index (χ3v) is 7.14. The number of nitriles is 1. The topological polar surface area (TPSA) is 127 Å². The van der Waals surface area contributed by atoms with Gasteiger partial charge in [0, 0.05) is 39.8 Å². The van der Waals surface area contributed by atoms with Crippen LogP contribution in [-0.4, -0.2) is 25.6 Å². The number of amides is 1. The summed E-state index contributed by atoms with van der Waals surface area (Å²) in [6, 6.07) is 19.1. The second kappa shape index (κ2) is 11.9. The van der Waals surface area contributed by atoms with E-state index in [0.717, 1.165) is 16.7 Å². The number of halogens is 1. The molecule has 0 aliphatic rings. The fourth-order valence-corrected chi connectivity index (χ4v) is 4.97. The molecule has 0 spiro atoms. The first-order valence-electron chi connectivity index (χ1n) is 11.9. The third kappa shape index (κ3) is 6.34. The van der Waals surface area contributed by atoms with E-state index in [1.54, 1.807) is 18.2 Å². The fraction of sp³-hybridized carbons (Fsp3) is 0.143. The molecule has 196 valence electrons. The van der Waals surface area contributed by atoms with Crippen LogP contribution in [-0.2, 0) is 11.3 Å². The number of benzene rings is 3. The Morgan fingerprint density at radius 3 is 2.67 bits per heavy atom. The molecule has 1 N–H and O–H groups in total. The molecule has 39 heavy (non-hydrogen) atoms. The van der Waals surface area contributed by atoms with Gasteiger partial charge in [0.05, 0.1) is 4.92 Å². The van der Waals surface area contributed by atoms with E-state index < -0.39 is 10.8 Å². The van der Waals surface area contributed by atoms with E-state index in [0.29, 0.717) is 38.7 Å². The minimum absolute atomic E-state index is 0.172. The van der Waals surface area contributed by atoms with Crippen molar-refractivity contribution in [3.8, 4) is 17.5 Å². The average Bonchev–Trinajstić information content (AvgIpc) is 3.32. The maximum Gasteiger partial charge on any atom is 0.270 e. The van der Waals surface area contributed by atoms with Gasteiger partial charge in [0.2, 0.25) is 0 Å². The number of aromatic nitrogens is 3. The van der Waals surface area contributed by atoms with Crippen molar-refractivity contribution in [3.05, 3.63) is 98.1 Å². The summed E-state index contributed by atoms with van der Waals surface area (Å²) in [5.74, 6) is 0.000688. The monoisotopic (exact) mass is 558 g/mol. The van der Waals surface area contributed by atoms with Crippen LogP contribution >= 0.6 is 23.4 Å². The molecule has 0 saturated carbocycles. The molecule has 3 aromatic carbocycles. The second-order valence-corrected chi connectivity index (χ2v) is 10.0. The number of nitrogens with one attached hydrogen (secondary N) is 1. The number of non-ortho nitro benzene ring substituents is 1. The van der Waals surface area contributed by atoms with Crippen molar-refractivity contribution in [2.24, 2.45) is 0 Å². The maximum atomic E-state index is 13.0. The van der Waals surface area contributed by atoms with Crippen LogP contribution in [0.25, 0.3) is 17.5 Å². The number of carbonyl (C=O) groups excluding carboxylic acids is 1. The molecule has 0 fully saturated rings. The number of rotatable bonds is 8. The lowest BCUT2D eigenvalue weighted by molar-refractivity contribution is -0.384. The van der Waals surface area contributed by atoms with Crippen molar-refractivity contribution >= 4 is 46.7 Å². The van der Waals surface area contributed by atoms with E-state index in [1.165, 1.54) is 30.0 Å². The number of hydrogen-bond donors (Lipinski definition) is 1. The summed E-state index contributed by atoms with van der Waals surface area (Å²) in [5.41, 5.74) is 3.13. The van der Waals surface area contributed by atoms with E-state index in [2.05, 4.69) is 15.5 Å². The lowest BCUT2D eigenvalue weighted by Crippen LogP contribution is -2.14. The van der Waals surface area contributed by atoms with Gasteiger partial charge in [-0.2, -0.15) is 5.26 Å². The smallest absolute Gasteiger partial charge is 0.270 e. The Morgan fingerprint density at radius 1 is 1.18 bits per heavy atom. The number of hydrogen-bond acceptors (Lipinski definition) is 7. The standard InChI is InChI=1S/C28H23ClN6O3S/c1-4-34-26(19-6-5-7-22(29)14-19)32-33-28(34)39-25-11-10-23(35(37)38)15-20(25)13-21(16-30)27(36)31-24-12-17(2)8-9-18(24)3/h5-15H,4H2,1-3H3,(H,31,36)/b21-13+. The molecule has 11 heteroatoms. The molecule has 4 rings (SSSR count). The molecule has 0 aliphatic heterocycles. The molecule has 1 aromatic heterocycles. The summed E-state index contributed by atoms with van der Waals surface area (Å²) >= 11 is 7.39. The Balaban J connectivity index is 1.72. The number of aryl methyl sites for hydroxylation is 2. The van der Waals surface area contributed by atoms with Crippen molar-refractivity contribution in [2.45, 2.75) is 37.4 Å². The predicted molar refractivity (Wildman–Crippen MR) is 151 cm³/mol. The molecule has 9 nitrogen and oxygen atoms in total. The summed E-state index contributed by atoms with van der Waals surface area (Å²) in [5, 5.41) is 33.8. The summed E-state index contributed by atoms with van der Waals surface area (Å²) in [4.78, 5) is 24.6. The molecule has 1 amide bonds. The summed E-state index contributed by atoms with van der Waals surface area (Å²) in [6.07, 6.45) is 1.35. The SMILES string of the molecule is CCn1c(Sc2ccc([N+](=O)[O-])cc2/C=C(\C#N)C(=O)Nc2cc(C)ccc2C)nnc1-c1cccc(Cl)c1. The second-order valence-electron chi connectivity index (χ2n) is 8.58. The zero-order valence-corrected chi connectivity index (χ0v) is 22.9. The lowest BCUT2D eigenvalue weighted by atomic mass is 10.1. The van der Waals surface area contributed by atoms with Crippen molar-refractivity contribution in [1.82, 2.24) is 14.8 Å². The predicted octanol–water partition coefficient (Wildman–Crippen LogP) is 6.84. The van der Waals surface area contributed by atoms with Gasteiger partial charge in [0.25, 0.3) is 11.6 Å². The van der Waals surface area contributed by atoms with Crippen LogP contribution in [0.3, 0.4) is 0 Å². The van der Waals surface area contributed by atoms with E-state index in [4.69, 9.17) is 11.6 Å². The Morgan fingerprint density at radius 2 is 1.97 bits per heavy atom.